The Labute approximate surface area is 126 Å². The van der Waals surface area contributed by atoms with Crippen LogP contribution in [0, 0.1) is 12.8 Å². The zero-order chi connectivity index (χ0) is 14.1. The van der Waals surface area contributed by atoms with E-state index in [9.17, 15) is 0 Å². The average Bonchev–Trinajstić information content (AvgIpc) is 3.23. The molecule has 5 heteroatoms. The third kappa shape index (κ3) is 3.35. The summed E-state index contributed by atoms with van der Waals surface area (Å²) in [5, 5.41) is 8.89. The quantitative estimate of drug-likeness (QED) is 0.905. The maximum absolute atomic E-state index is 6.33. The van der Waals surface area contributed by atoms with Crippen LogP contribution in [0.15, 0.2) is 0 Å². The van der Waals surface area contributed by atoms with Crippen molar-refractivity contribution in [2.45, 2.75) is 45.2 Å². The highest BCUT2D eigenvalue weighted by Crippen LogP contribution is 2.25. The van der Waals surface area contributed by atoms with E-state index in [1.54, 1.807) is 0 Å². The second-order valence-electron chi connectivity index (χ2n) is 6.37. The molecule has 0 amide bonds. The molecule has 0 spiro atoms. The zero-order valence-electron chi connectivity index (χ0n) is 12.5. The molecule has 0 radical (unpaired) electrons. The van der Waals surface area contributed by atoms with Gasteiger partial charge in [0.05, 0.1) is 16.4 Å². The monoisotopic (exact) mass is 296 g/mol. The number of rotatable bonds is 5. The van der Waals surface area contributed by atoms with Crippen LogP contribution in [0.1, 0.15) is 37.1 Å². The number of aromatic nitrogens is 2. The number of piperidine rings is 1. The van der Waals surface area contributed by atoms with Crippen molar-refractivity contribution in [3.8, 4) is 0 Å². The Morgan fingerprint density at radius 1 is 1.25 bits per heavy atom. The smallest absolute Gasteiger partial charge is 0.0860 e. The molecule has 0 bridgehead atoms. The minimum absolute atomic E-state index is 0.837. The Kier molecular flexibility index (Phi) is 4.34. The largest absolute Gasteiger partial charge is 0.314 e. The first-order valence-electron chi connectivity index (χ1n) is 7.77. The van der Waals surface area contributed by atoms with Crippen LogP contribution in [-0.2, 0) is 13.6 Å². The van der Waals surface area contributed by atoms with E-state index in [2.05, 4.69) is 15.3 Å². The molecular weight excluding hydrogens is 272 g/mol. The minimum Gasteiger partial charge on any atom is -0.314 e. The molecule has 112 valence electrons. The van der Waals surface area contributed by atoms with Crippen LogP contribution in [0.4, 0.5) is 0 Å². The number of nitrogens with zero attached hydrogens (tertiary/aromatic N) is 3. The average molecular weight is 297 g/mol. The summed E-state index contributed by atoms with van der Waals surface area (Å²) in [7, 11) is 1.99. The van der Waals surface area contributed by atoms with Crippen LogP contribution in [0.25, 0.3) is 0 Å². The van der Waals surface area contributed by atoms with E-state index >= 15 is 0 Å². The highest BCUT2D eigenvalue weighted by Gasteiger charge is 2.25. The van der Waals surface area contributed by atoms with E-state index in [0.717, 1.165) is 34.9 Å². The summed E-state index contributed by atoms with van der Waals surface area (Å²) in [6.07, 6.45) is 5.37. The molecule has 1 aromatic heterocycles. The number of nitrogens with one attached hydrogen (secondary N) is 1. The Bertz CT molecular complexity index is 459. The highest BCUT2D eigenvalue weighted by atomic mass is 35.5. The van der Waals surface area contributed by atoms with E-state index in [1.165, 1.54) is 45.3 Å². The maximum atomic E-state index is 6.33. The van der Waals surface area contributed by atoms with Gasteiger partial charge in [-0.3, -0.25) is 9.58 Å². The van der Waals surface area contributed by atoms with Crippen LogP contribution < -0.4 is 5.32 Å². The van der Waals surface area contributed by atoms with Gasteiger partial charge in [-0.25, -0.2) is 0 Å². The molecule has 1 aromatic rings. The standard InChI is InChI=1S/C15H25ClN4/c1-11-15(16)14(19(2)18-11)10-20-7-5-12(6-8-20)9-17-13-3-4-13/h12-13,17H,3-10H2,1-2H3. The molecule has 1 aliphatic carbocycles. The highest BCUT2D eigenvalue weighted by molar-refractivity contribution is 6.31. The van der Waals surface area contributed by atoms with E-state index in [-0.39, 0.29) is 0 Å². The van der Waals surface area contributed by atoms with Gasteiger partial charge in [0.15, 0.2) is 0 Å². The fourth-order valence-corrected chi connectivity index (χ4v) is 3.25. The summed E-state index contributed by atoms with van der Waals surface area (Å²) in [4.78, 5) is 2.51. The summed E-state index contributed by atoms with van der Waals surface area (Å²) in [5.74, 6) is 0.857. The zero-order valence-corrected chi connectivity index (χ0v) is 13.3. The van der Waals surface area contributed by atoms with Crippen LogP contribution in [-0.4, -0.2) is 40.4 Å². The van der Waals surface area contributed by atoms with Crippen molar-refractivity contribution in [3.05, 3.63) is 16.4 Å². The van der Waals surface area contributed by atoms with Gasteiger partial charge in [0, 0.05) is 19.6 Å². The van der Waals surface area contributed by atoms with Crippen molar-refractivity contribution in [3.63, 3.8) is 0 Å². The van der Waals surface area contributed by atoms with Gasteiger partial charge >= 0.3 is 0 Å². The summed E-state index contributed by atoms with van der Waals surface area (Å²) in [6.45, 7) is 6.47. The van der Waals surface area contributed by atoms with E-state index in [1.807, 2.05) is 18.7 Å². The summed E-state index contributed by atoms with van der Waals surface area (Å²) < 4.78 is 1.93. The number of aryl methyl sites for hydroxylation is 2. The van der Waals surface area contributed by atoms with Crippen molar-refractivity contribution < 1.29 is 0 Å². The van der Waals surface area contributed by atoms with Crippen molar-refractivity contribution in [2.24, 2.45) is 13.0 Å². The predicted octanol–water partition coefficient (Wildman–Crippen LogP) is 2.35. The molecule has 0 aromatic carbocycles. The summed E-state index contributed by atoms with van der Waals surface area (Å²) >= 11 is 6.33. The number of hydrogen-bond acceptors (Lipinski definition) is 3. The second kappa shape index (κ2) is 6.04. The lowest BCUT2D eigenvalue weighted by molar-refractivity contribution is 0.172. The van der Waals surface area contributed by atoms with Gasteiger partial charge in [-0.2, -0.15) is 5.10 Å². The lowest BCUT2D eigenvalue weighted by Gasteiger charge is -2.32. The normalized spacial score (nSPS) is 21.6. The molecule has 20 heavy (non-hydrogen) atoms. The van der Waals surface area contributed by atoms with Crippen molar-refractivity contribution in [1.29, 1.82) is 0 Å². The fraction of sp³-hybridized carbons (Fsp3) is 0.800. The van der Waals surface area contributed by atoms with Gasteiger partial charge in [0.2, 0.25) is 0 Å². The molecule has 2 aliphatic rings. The van der Waals surface area contributed by atoms with Crippen LogP contribution in [0.5, 0.6) is 0 Å². The number of halogens is 1. The van der Waals surface area contributed by atoms with Crippen molar-refractivity contribution in [2.75, 3.05) is 19.6 Å². The first-order valence-corrected chi connectivity index (χ1v) is 8.15. The molecule has 2 fully saturated rings. The third-order valence-electron chi connectivity index (χ3n) is 4.61. The van der Waals surface area contributed by atoms with E-state index in [4.69, 9.17) is 11.6 Å². The lowest BCUT2D eigenvalue weighted by Crippen LogP contribution is -2.37. The molecule has 3 rings (SSSR count). The summed E-state index contributed by atoms with van der Waals surface area (Å²) in [5.41, 5.74) is 2.09. The topological polar surface area (TPSA) is 33.1 Å². The van der Waals surface area contributed by atoms with Crippen LogP contribution >= 0.6 is 11.6 Å². The Morgan fingerprint density at radius 3 is 2.50 bits per heavy atom. The van der Waals surface area contributed by atoms with Gasteiger partial charge in [-0.1, -0.05) is 11.6 Å². The number of likely N-dealkylation sites (tertiary alicyclic amines) is 1. The second-order valence-corrected chi connectivity index (χ2v) is 6.75. The number of hydrogen-bond donors (Lipinski definition) is 1. The van der Waals surface area contributed by atoms with Gasteiger partial charge < -0.3 is 5.32 Å². The summed E-state index contributed by atoms with van der Waals surface area (Å²) in [6, 6.07) is 0.837. The molecular formula is C15H25ClN4. The first kappa shape index (κ1) is 14.4. The van der Waals surface area contributed by atoms with E-state index in [0.29, 0.717) is 0 Å². The molecule has 1 saturated heterocycles. The first-order chi connectivity index (χ1) is 9.63. The van der Waals surface area contributed by atoms with Gasteiger partial charge in [0.1, 0.15) is 0 Å². The third-order valence-corrected chi connectivity index (χ3v) is 5.11. The van der Waals surface area contributed by atoms with Crippen LogP contribution in [0.3, 0.4) is 0 Å². The van der Waals surface area contributed by atoms with Crippen molar-refractivity contribution in [1.82, 2.24) is 20.0 Å². The van der Waals surface area contributed by atoms with Crippen LogP contribution in [0.2, 0.25) is 5.02 Å². The van der Waals surface area contributed by atoms with Gasteiger partial charge in [-0.15, -0.1) is 0 Å². The Balaban J connectivity index is 1.47. The van der Waals surface area contributed by atoms with Gasteiger partial charge in [0.25, 0.3) is 0 Å². The predicted molar refractivity (Wildman–Crippen MR) is 82.0 cm³/mol. The molecule has 0 unspecified atom stereocenters. The maximum Gasteiger partial charge on any atom is 0.0860 e. The molecule has 4 nitrogen and oxygen atoms in total. The molecule has 1 aliphatic heterocycles. The van der Waals surface area contributed by atoms with E-state index < -0.39 is 0 Å². The molecule has 2 heterocycles. The Hall–Kier alpha value is -0.580. The molecule has 1 saturated carbocycles. The lowest BCUT2D eigenvalue weighted by atomic mass is 9.96. The molecule has 1 N–H and O–H groups in total. The molecule has 0 atom stereocenters. The SMILES string of the molecule is Cc1nn(C)c(CN2CCC(CNC3CC3)CC2)c1Cl. The van der Waals surface area contributed by atoms with Gasteiger partial charge in [-0.05, 0) is 58.2 Å². The fourth-order valence-electron chi connectivity index (χ4n) is 3.03. The van der Waals surface area contributed by atoms with Crippen molar-refractivity contribution >= 4 is 11.6 Å². The Morgan fingerprint density at radius 2 is 1.95 bits per heavy atom. The minimum atomic E-state index is 0.837.